The molecule has 21 heavy (non-hydrogen) atoms. The van der Waals surface area contributed by atoms with Gasteiger partial charge in [-0.2, -0.15) is 0 Å². The second-order valence-electron chi connectivity index (χ2n) is 4.21. The van der Waals surface area contributed by atoms with Crippen LogP contribution in [0.25, 0.3) is 0 Å². The highest BCUT2D eigenvalue weighted by molar-refractivity contribution is 7.91. The fraction of sp³-hybridized carbons (Fsp3) is 0.417. The van der Waals surface area contributed by atoms with E-state index in [0.717, 1.165) is 17.0 Å². The van der Waals surface area contributed by atoms with Gasteiger partial charge in [-0.05, 0) is 6.07 Å². The summed E-state index contributed by atoms with van der Waals surface area (Å²) in [5, 5.41) is 19.8. The Morgan fingerprint density at radius 3 is 2.62 bits per heavy atom. The lowest BCUT2D eigenvalue weighted by Crippen LogP contribution is -2.30. The number of hydrogen-bond donors (Lipinski definition) is 1. The zero-order chi connectivity index (χ0) is 16.2. The summed E-state index contributed by atoms with van der Waals surface area (Å²) in [5.41, 5.74) is -0.874. The molecule has 1 amide bonds. The van der Waals surface area contributed by atoms with Crippen LogP contribution in [0.3, 0.4) is 0 Å². The Morgan fingerprint density at radius 2 is 2.14 bits per heavy atom. The molecule has 9 heteroatoms. The van der Waals surface area contributed by atoms with Gasteiger partial charge in [-0.25, -0.2) is 8.42 Å². The molecule has 0 aliphatic carbocycles. The maximum atomic E-state index is 12.0. The van der Waals surface area contributed by atoms with Crippen molar-refractivity contribution in [1.82, 2.24) is 4.90 Å². The van der Waals surface area contributed by atoms with E-state index in [0.29, 0.717) is 0 Å². The SMILES string of the molecule is CCS(=O)(=O)c1[c]cc(C(=O)N(C)CCO)c([N+](=O)[O-])c1. The van der Waals surface area contributed by atoms with Crippen molar-refractivity contribution in [3.8, 4) is 0 Å². The minimum Gasteiger partial charge on any atom is -0.395 e. The van der Waals surface area contributed by atoms with Crippen LogP contribution in [0.5, 0.6) is 0 Å². The van der Waals surface area contributed by atoms with Gasteiger partial charge < -0.3 is 10.0 Å². The zero-order valence-electron chi connectivity index (χ0n) is 11.6. The summed E-state index contributed by atoms with van der Waals surface area (Å²) in [7, 11) is -2.28. The van der Waals surface area contributed by atoms with Gasteiger partial charge in [0.15, 0.2) is 9.84 Å². The van der Waals surface area contributed by atoms with E-state index < -0.39 is 26.4 Å². The Morgan fingerprint density at radius 1 is 1.52 bits per heavy atom. The Kier molecular flexibility index (Phi) is 5.39. The van der Waals surface area contributed by atoms with Crippen LogP contribution in [0.1, 0.15) is 17.3 Å². The van der Waals surface area contributed by atoms with Crippen molar-refractivity contribution in [2.75, 3.05) is 26.0 Å². The number of amides is 1. The molecule has 1 N–H and O–H groups in total. The van der Waals surface area contributed by atoms with Crippen LogP contribution in [0.15, 0.2) is 17.0 Å². The van der Waals surface area contributed by atoms with Crippen molar-refractivity contribution in [2.24, 2.45) is 0 Å². The van der Waals surface area contributed by atoms with Crippen molar-refractivity contribution >= 4 is 21.4 Å². The Hall–Kier alpha value is -2.00. The van der Waals surface area contributed by atoms with Gasteiger partial charge in [-0.3, -0.25) is 14.9 Å². The number of sulfone groups is 1. The second kappa shape index (κ2) is 6.64. The molecule has 0 spiro atoms. The first kappa shape index (κ1) is 17.1. The first-order valence-corrected chi connectivity index (χ1v) is 7.69. The van der Waals surface area contributed by atoms with Crippen molar-refractivity contribution in [3.05, 3.63) is 33.9 Å². The van der Waals surface area contributed by atoms with E-state index in [2.05, 4.69) is 6.07 Å². The Labute approximate surface area is 122 Å². The molecule has 0 aliphatic rings. The Bertz CT molecular complexity index is 656. The molecule has 8 nitrogen and oxygen atoms in total. The summed E-state index contributed by atoms with van der Waals surface area (Å²) in [6, 6.07) is 4.23. The van der Waals surface area contributed by atoms with Crippen LogP contribution in [0.4, 0.5) is 5.69 Å². The van der Waals surface area contributed by atoms with Crippen LogP contribution >= 0.6 is 0 Å². The molecule has 1 aromatic carbocycles. The number of carbonyl (C=O) groups excluding carboxylic acids is 1. The van der Waals surface area contributed by atoms with Gasteiger partial charge in [-0.1, -0.05) is 6.92 Å². The second-order valence-corrected chi connectivity index (χ2v) is 6.45. The first-order valence-electron chi connectivity index (χ1n) is 6.03. The minimum atomic E-state index is -3.65. The molecule has 0 bridgehead atoms. The quantitative estimate of drug-likeness (QED) is 0.594. The standard InChI is InChI=1S/C12H15N2O6S/c1-3-21(19,20)9-4-5-10(11(8-9)14(17)18)12(16)13(2)6-7-15/h5,8,15H,3,6-7H2,1-2H3. The normalized spacial score (nSPS) is 11.2. The summed E-state index contributed by atoms with van der Waals surface area (Å²) in [5.74, 6) is -0.911. The fourth-order valence-corrected chi connectivity index (χ4v) is 2.42. The maximum absolute atomic E-state index is 12.0. The molecule has 0 atom stereocenters. The molecule has 0 aliphatic heterocycles. The summed E-state index contributed by atoms with van der Waals surface area (Å²) < 4.78 is 23.4. The molecule has 0 aromatic heterocycles. The zero-order valence-corrected chi connectivity index (χ0v) is 12.4. The van der Waals surface area contributed by atoms with E-state index >= 15 is 0 Å². The predicted octanol–water partition coefficient (Wildman–Crippen LogP) is 0.253. The lowest BCUT2D eigenvalue weighted by Gasteiger charge is -2.15. The highest BCUT2D eigenvalue weighted by Gasteiger charge is 2.26. The number of nitrogens with zero attached hydrogens (tertiary/aromatic N) is 2. The van der Waals surface area contributed by atoms with Gasteiger partial charge in [0, 0.05) is 25.7 Å². The third-order valence-corrected chi connectivity index (χ3v) is 4.49. The van der Waals surface area contributed by atoms with Crippen LogP contribution < -0.4 is 0 Å². The third kappa shape index (κ3) is 3.76. The average Bonchev–Trinajstić information content (AvgIpc) is 2.45. The van der Waals surface area contributed by atoms with Gasteiger partial charge in [0.1, 0.15) is 5.56 Å². The molecular weight excluding hydrogens is 300 g/mol. The third-order valence-electron chi connectivity index (χ3n) is 2.83. The summed E-state index contributed by atoms with van der Waals surface area (Å²) in [6.07, 6.45) is 0. The minimum absolute atomic E-state index is 0.00496. The molecule has 0 unspecified atom stereocenters. The molecular formula is C12H15N2O6S. The van der Waals surface area contributed by atoms with E-state index in [1.54, 1.807) is 0 Å². The van der Waals surface area contributed by atoms with Gasteiger partial charge in [0.25, 0.3) is 11.6 Å². The maximum Gasteiger partial charge on any atom is 0.283 e. The van der Waals surface area contributed by atoms with Gasteiger partial charge >= 0.3 is 0 Å². The topological polar surface area (TPSA) is 118 Å². The summed E-state index contributed by atoms with van der Waals surface area (Å²) in [6.45, 7) is 1.12. The van der Waals surface area contributed by atoms with Gasteiger partial charge in [0.05, 0.1) is 22.2 Å². The van der Waals surface area contributed by atoms with E-state index in [1.807, 2.05) is 0 Å². The van der Waals surface area contributed by atoms with E-state index in [1.165, 1.54) is 14.0 Å². The number of carbonyl (C=O) groups is 1. The molecule has 0 fully saturated rings. The van der Waals surface area contributed by atoms with Gasteiger partial charge in [0.2, 0.25) is 0 Å². The number of aliphatic hydroxyl groups is 1. The van der Waals surface area contributed by atoms with E-state index in [9.17, 15) is 23.3 Å². The molecule has 1 aromatic rings. The van der Waals surface area contributed by atoms with Crippen LogP contribution in [0, 0.1) is 16.2 Å². The van der Waals surface area contributed by atoms with E-state index in [4.69, 9.17) is 5.11 Å². The van der Waals surface area contributed by atoms with Crippen LogP contribution in [-0.2, 0) is 9.84 Å². The highest BCUT2D eigenvalue weighted by Crippen LogP contribution is 2.24. The van der Waals surface area contributed by atoms with Crippen molar-refractivity contribution in [1.29, 1.82) is 0 Å². The molecule has 0 heterocycles. The Balaban J connectivity index is 3.36. The van der Waals surface area contributed by atoms with Crippen LogP contribution in [0.2, 0.25) is 0 Å². The largest absolute Gasteiger partial charge is 0.395 e. The van der Waals surface area contributed by atoms with Crippen molar-refractivity contribution in [3.63, 3.8) is 0 Å². The summed E-state index contributed by atoms with van der Waals surface area (Å²) in [4.78, 5) is 23.0. The van der Waals surface area contributed by atoms with Crippen LogP contribution in [-0.4, -0.2) is 55.2 Å². The molecule has 0 saturated carbocycles. The number of benzene rings is 1. The number of nitro groups is 1. The lowest BCUT2D eigenvalue weighted by molar-refractivity contribution is -0.385. The molecule has 1 rings (SSSR count). The highest BCUT2D eigenvalue weighted by atomic mass is 32.2. The number of hydrogen-bond acceptors (Lipinski definition) is 6. The smallest absolute Gasteiger partial charge is 0.283 e. The molecule has 1 radical (unpaired) electrons. The number of nitro benzene ring substituents is 1. The lowest BCUT2D eigenvalue weighted by atomic mass is 10.1. The molecule has 0 saturated heterocycles. The van der Waals surface area contributed by atoms with Crippen molar-refractivity contribution < 1.29 is 23.2 Å². The number of aliphatic hydroxyl groups excluding tert-OH is 1. The fourth-order valence-electron chi connectivity index (χ4n) is 1.58. The van der Waals surface area contributed by atoms with Gasteiger partial charge in [-0.15, -0.1) is 0 Å². The monoisotopic (exact) mass is 315 g/mol. The first-order chi connectivity index (χ1) is 9.74. The van der Waals surface area contributed by atoms with E-state index in [-0.39, 0.29) is 29.4 Å². The summed E-state index contributed by atoms with van der Waals surface area (Å²) >= 11 is 0. The number of rotatable bonds is 6. The molecule has 115 valence electrons. The number of likely N-dealkylation sites (N-methyl/N-ethyl adjacent to an activating group) is 1. The average molecular weight is 315 g/mol. The predicted molar refractivity (Wildman–Crippen MR) is 73.7 cm³/mol. The van der Waals surface area contributed by atoms with Crippen molar-refractivity contribution in [2.45, 2.75) is 11.8 Å².